The van der Waals surface area contributed by atoms with Gasteiger partial charge in [0.25, 0.3) is 5.91 Å². The summed E-state index contributed by atoms with van der Waals surface area (Å²) in [5.74, 6) is -0.110. The largest absolute Gasteiger partial charge is 0.351 e. The molecular weight excluding hydrogens is 249 g/mol. The number of nitrogens with one attached hydrogen (secondary N) is 2. The summed E-state index contributed by atoms with van der Waals surface area (Å²) in [7, 11) is 1.89. The SMILES string of the molecule is CNCCCNC(=O)c1ccccn1.Cl.Cl. The van der Waals surface area contributed by atoms with Crippen molar-refractivity contribution in [3.8, 4) is 0 Å². The van der Waals surface area contributed by atoms with Gasteiger partial charge in [-0.2, -0.15) is 0 Å². The Morgan fingerprint density at radius 1 is 1.31 bits per heavy atom. The first-order chi connectivity index (χ1) is 6.84. The molecule has 1 rings (SSSR count). The highest BCUT2D eigenvalue weighted by molar-refractivity contribution is 5.92. The Kier molecular flexibility index (Phi) is 11.7. The third kappa shape index (κ3) is 6.61. The number of rotatable bonds is 5. The third-order valence-electron chi connectivity index (χ3n) is 1.79. The van der Waals surface area contributed by atoms with Crippen LogP contribution in [0, 0.1) is 0 Å². The lowest BCUT2D eigenvalue weighted by Gasteiger charge is -2.03. The van der Waals surface area contributed by atoms with Crippen molar-refractivity contribution in [1.82, 2.24) is 15.6 Å². The van der Waals surface area contributed by atoms with Crippen molar-refractivity contribution in [2.24, 2.45) is 0 Å². The van der Waals surface area contributed by atoms with Gasteiger partial charge in [-0.05, 0) is 32.1 Å². The average molecular weight is 266 g/mol. The molecule has 92 valence electrons. The summed E-state index contributed by atoms with van der Waals surface area (Å²) in [5.41, 5.74) is 0.469. The minimum atomic E-state index is -0.110. The standard InChI is InChI=1S/C10H15N3O.2ClH/c1-11-6-4-8-13-10(14)9-5-2-3-7-12-9;;/h2-3,5,7,11H,4,6,8H2,1H3,(H,13,14);2*1H. The minimum Gasteiger partial charge on any atom is -0.351 e. The first kappa shape index (κ1) is 17.6. The highest BCUT2D eigenvalue weighted by Gasteiger charge is 2.03. The maximum absolute atomic E-state index is 11.4. The molecule has 0 bridgehead atoms. The Morgan fingerprint density at radius 2 is 2.06 bits per heavy atom. The van der Waals surface area contributed by atoms with E-state index in [0.717, 1.165) is 13.0 Å². The van der Waals surface area contributed by atoms with Gasteiger partial charge in [-0.3, -0.25) is 9.78 Å². The van der Waals surface area contributed by atoms with E-state index in [1.54, 1.807) is 24.4 Å². The van der Waals surface area contributed by atoms with Crippen molar-refractivity contribution in [1.29, 1.82) is 0 Å². The first-order valence-electron chi connectivity index (χ1n) is 4.68. The average Bonchev–Trinajstić information content (AvgIpc) is 2.25. The molecule has 0 unspecified atom stereocenters. The normalized spacial score (nSPS) is 8.56. The lowest BCUT2D eigenvalue weighted by atomic mass is 10.3. The van der Waals surface area contributed by atoms with E-state index in [2.05, 4.69) is 15.6 Å². The Balaban J connectivity index is 0. The number of aromatic nitrogens is 1. The maximum Gasteiger partial charge on any atom is 0.269 e. The molecule has 6 heteroatoms. The molecule has 1 amide bonds. The molecule has 0 aromatic carbocycles. The van der Waals surface area contributed by atoms with Crippen LogP contribution < -0.4 is 10.6 Å². The molecule has 0 fully saturated rings. The van der Waals surface area contributed by atoms with Crippen LogP contribution in [0.15, 0.2) is 24.4 Å². The smallest absolute Gasteiger partial charge is 0.269 e. The molecule has 0 radical (unpaired) electrons. The van der Waals surface area contributed by atoms with Crippen molar-refractivity contribution < 1.29 is 4.79 Å². The fourth-order valence-corrected chi connectivity index (χ4v) is 1.05. The minimum absolute atomic E-state index is 0. The second-order valence-corrected chi connectivity index (χ2v) is 2.93. The Labute approximate surface area is 108 Å². The van der Waals surface area contributed by atoms with Crippen LogP contribution in [0.5, 0.6) is 0 Å². The van der Waals surface area contributed by atoms with Crippen molar-refractivity contribution in [2.75, 3.05) is 20.1 Å². The molecule has 0 aliphatic rings. The zero-order valence-corrected chi connectivity index (χ0v) is 10.7. The summed E-state index contributed by atoms with van der Waals surface area (Å²) in [4.78, 5) is 15.4. The molecule has 1 aromatic heterocycles. The Bertz CT molecular complexity index is 283. The summed E-state index contributed by atoms with van der Waals surface area (Å²) in [6, 6.07) is 5.29. The second kappa shape index (κ2) is 10.7. The lowest BCUT2D eigenvalue weighted by Crippen LogP contribution is -2.27. The van der Waals surface area contributed by atoms with E-state index in [1.165, 1.54) is 0 Å². The number of nitrogens with zero attached hydrogens (tertiary/aromatic N) is 1. The monoisotopic (exact) mass is 265 g/mol. The second-order valence-electron chi connectivity index (χ2n) is 2.93. The van der Waals surface area contributed by atoms with Crippen LogP contribution in [-0.4, -0.2) is 31.0 Å². The molecule has 16 heavy (non-hydrogen) atoms. The van der Waals surface area contributed by atoms with Crippen molar-refractivity contribution >= 4 is 30.7 Å². The van der Waals surface area contributed by atoms with Gasteiger partial charge < -0.3 is 10.6 Å². The van der Waals surface area contributed by atoms with Crippen LogP contribution in [-0.2, 0) is 0 Å². The molecular formula is C10H17Cl2N3O. The molecule has 4 nitrogen and oxygen atoms in total. The summed E-state index contributed by atoms with van der Waals surface area (Å²) in [6.07, 6.45) is 2.54. The Morgan fingerprint density at radius 3 is 2.62 bits per heavy atom. The van der Waals surface area contributed by atoms with E-state index in [4.69, 9.17) is 0 Å². The van der Waals surface area contributed by atoms with Crippen molar-refractivity contribution in [2.45, 2.75) is 6.42 Å². The predicted octanol–water partition coefficient (Wildman–Crippen LogP) is 1.26. The number of carbonyl (C=O) groups excluding carboxylic acids is 1. The van der Waals surface area contributed by atoms with Gasteiger partial charge >= 0.3 is 0 Å². The fourth-order valence-electron chi connectivity index (χ4n) is 1.05. The zero-order valence-electron chi connectivity index (χ0n) is 9.10. The molecule has 1 aromatic rings. The highest BCUT2D eigenvalue weighted by Crippen LogP contribution is 1.92. The summed E-state index contributed by atoms with van der Waals surface area (Å²) < 4.78 is 0. The third-order valence-corrected chi connectivity index (χ3v) is 1.79. The number of halogens is 2. The molecule has 0 saturated heterocycles. The van der Waals surface area contributed by atoms with E-state index >= 15 is 0 Å². The fraction of sp³-hybridized carbons (Fsp3) is 0.400. The van der Waals surface area contributed by atoms with Gasteiger partial charge in [0.1, 0.15) is 5.69 Å². The topological polar surface area (TPSA) is 54.0 Å². The van der Waals surface area contributed by atoms with Crippen LogP contribution in [0.25, 0.3) is 0 Å². The van der Waals surface area contributed by atoms with Gasteiger partial charge in [0.2, 0.25) is 0 Å². The predicted molar refractivity (Wildman–Crippen MR) is 69.6 cm³/mol. The quantitative estimate of drug-likeness (QED) is 0.789. The van der Waals surface area contributed by atoms with Crippen LogP contribution >= 0.6 is 24.8 Å². The van der Waals surface area contributed by atoms with Crippen LogP contribution in [0.2, 0.25) is 0 Å². The number of amides is 1. The molecule has 0 spiro atoms. The molecule has 0 aliphatic carbocycles. The van der Waals surface area contributed by atoms with Gasteiger partial charge in [-0.1, -0.05) is 6.07 Å². The van der Waals surface area contributed by atoms with Gasteiger partial charge in [-0.15, -0.1) is 24.8 Å². The number of carbonyl (C=O) groups is 1. The molecule has 0 atom stereocenters. The summed E-state index contributed by atoms with van der Waals surface area (Å²) in [5, 5.41) is 5.81. The zero-order chi connectivity index (χ0) is 10.2. The van der Waals surface area contributed by atoms with Crippen molar-refractivity contribution in [3.63, 3.8) is 0 Å². The van der Waals surface area contributed by atoms with E-state index in [1.807, 2.05) is 7.05 Å². The maximum atomic E-state index is 11.4. The molecule has 0 aliphatic heterocycles. The molecule has 2 N–H and O–H groups in total. The van der Waals surface area contributed by atoms with Gasteiger partial charge in [0.15, 0.2) is 0 Å². The van der Waals surface area contributed by atoms with E-state index in [-0.39, 0.29) is 30.7 Å². The van der Waals surface area contributed by atoms with E-state index in [0.29, 0.717) is 12.2 Å². The van der Waals surface area contributed by atoms with Crippen LogP contribution in [0.3, 0.4) is 0 Å². The van der Waals surface area contributed by atoms with Crippen molar-refractivity contribution in [3.05, 3.63) is 30.1 Å². The van der Waals surface area contributed by atoms with Gasteiger partial charge in [0, 0.05) is 12.7 Å². The highest BCUT2D eigenvalue weighted by atomic mass is 35.5. The first-order valence-corrected chi connectivity index (χ1v) is 4.68. The summed E-state index contributed by atoms with van der Waals surface area (Å²) in [6.45, 7) is 1.58. The van der Waals surface area contributed by atoms with Crippen LogP contribution in [0.4, 0.5) is 0 Å². The van der Waals surface area contributed by atoms with E-state index < -0.39 is 0 Å². The van der Waals surface area contributed by atoms with E-state index in [9.17, 15) is 4.79 Å². The number of pyridine rings is 1. The summed E-state index contributed by atoms with van der Waals surface area (Å²) >= 11 is 0. The molecule has 1 heterocycles. The lowest BCUT2D eigenvalue weighted by molar-refractivity contribution is 0.0948. The van der Waals surface area contributed by atoms with Gasteiger partial charge in [0.05, 0.1) is 0 Å². The van der Waals surface area contributed by atoms with Gasteiger partial charge in [-0.25, -0.2) is 0 Å². The van der Waals surface area contributed by atoms with Crippen LogP contribution in [0.1, 0.15) is 16.9 Å². The molecule has 0 saturated carbocycles. The Hall–Kier alpha value is -0.840. The number of hydrogen-bond acceptors (Lipinski definition) is 3. The number of hydrogen-bond donors (Lipinski definition) is 2.